The first kappa shape index (κ1) is 17.4. The maximum Gasteiger partial charge on any atom is 0.253 e. The third kappa shape index (κ3) is 4.16. The van der Waals surface area contributed by atoms with Crippen LogP contribution in [0, 0.1) is 0 Å². The van der Waals surface area contributed by atoms with Gasteiger partial charge in [-0.15, -0.1) is 0 Å². The zero-order chi connectivity index (χ0) is 18.4. The van der Waals surface area contributed by atoms with E-state index in [1.54, 1.807) is 12.1 Å². The molecular weight excluding hydrogens is 328 g/mol. The fraction of sp³-hybridized carbons (Fsp3) is 0.150. The van der Waals surface area contributed by atoms with Gasteiger partial charge in [0.15, 0.2) is 0 Å². The zero-order valence-corrected chi connectivity index (χ0v) is 14.5. The Bertz CT molecular complexity index is 886. The van der Waals surface area contributed by atoms with Crippen molar-refractivity contribution in [1.82, 2.24) is 14.9 Å². The molecule has 0 fully saturated rings. The van der Waals surface area contributed by atoms with Gasteiger partial charge in [0.25, 0.3) is 5.91 Å². The highest BCUT2D eigenvalue weighted by molar-refractivity contribution is 5.99. The first-order valence-electron chi connectivity index (χ1n) is 8.42. The number of pyridine rings is 1. The SMILES string of the molecule is CCc1ccccc1NC(=O)CNC(=O)c1ccc(-n2cccc2)nc1. The molecule has 6 nitrogen and oxygen atoms in total. The Morgan fingerprint density at radius 2 is 1.81 bits per heavy atom. The summed E-state index contributed by atoms with van der Waals surface area (Å²) in [7, 11) is 0. The minimum atomic E-state index is -0.338. The molecule has 1 aromatic carbocycles. The third-order valence-corrected chi connectivity index (χ3v) is 3.96. The monoisotopic (exact) mass is 348 g/mol. The Hall–Kier alpha value is -3.41. The number of nitrogens with one attached hydrogen (secondary N) is 2. The first-order valence-corrected chi connectivity index (χ1v) is 8.42. The number of para-hydroxylation sites is 1. The number of hydrogen-bond acceptors (Lipinski definition) is 3. The van der Waals surface area contributed by atoms with E-state index in [2.05, 4.69) is 15.6 Å². The number of amides is 2. The van der Waals surface area contributed by atoms with Crippen LogP contribution in [-0.2, 0) is 11.2 Å². The highest BCUT2D eigenvalue weighted by Gasteiger charge is 2.10. The van der Waals surface area contributed by atoms with Gasteiger partial charge in [-0.05, 0) is 42.3 Å². The summed E-state index contributed by atoms with van der Waals surface area (Å²) in [5.41, 5.74) is 2.23. The summed E-state index contributed by atoms with van der Waals surface area (Å²) < 4.78 is 1.85. The molecule has 3 aromatic rings. The lowest BCUT2D eigenvalue weighted by atomic mass is 10.1. The number of aryl methyl sites for hydroxylation is 1. The molecule has 0 aliphatic heterocycles. The molecule has 2 N–H and O–H groups in total. The number of hydrogen-bond donors (Lipinski definition) is 2. The normalized spacial score (nSPS) is 10.3. The van der Waals surface area contributed by atoms with Crippen molar-refractivity contribution in [2.24, 2.45) is 0 Å². The summed E-state index contributed by atoms with van der Waals surface area (Å²) in [5, 5.41) is 5.44. The van der Waals surface area contributed by atoms with Gasteiger partial charge in [-0.1, -0.05) is 25.1 Å². The molecule has 132 valence electrons. The van der Waals surface area contributed by atoms with Crippen LogP contribution in [0.3, 0.4) is 0 Å². The molecule has 6 heteroatoms. The standard InChI is InChI=1S/C20H20N4O2/c1-2-15-7-3-4-8-17(15)23-19(25)14-22-20(26)16-9-10-18(21-13-16)24-11-5-6-12-24/h3-13H,2,14H2,1H3,(H,22,26)(H,23,25). The average Bonchev–Trinajstić information content (AvgIpc) is 3.21. The molecule has 0 radical (unpaired) electrons. The predicted octanol–water partition coefficient (Wildman–Crippen LogP) is 2.80. The fourth-order valence-electron chi connectivity index (χ4n) is 2.57. The Kier molecular flexibility index (Phi) is 5.43. The second-order valence-electron chi connectivity index (χ2n) is 5.74. The molecule has 3 rings (SSSR count). The Balaban J connectivity index is 1.55. The molecule has 0 aliphatic carbocycles. The number of aromatic nitrogens is 2. The third-order valence-electron chi connectivity index (χ3n) is 3.96. The Morgan fingerprint density at radius 1 is 1.04 bits per heavy atom. The van der Waals surface area contributed by atoms with Gasteiger partial charge in [0.05, 0.1) is 12.1 Å². The molecule has 0 bridgehead atoms. The van der Waals surface area contributed by atoms with Crippen molar-refractivity contribution < 1.29 is 9.59 Å². The number of benzene rings is 1. The minimum Gasteiger partial charge on any atom is -0.343 e. The Labute approximate surface area is 151 Å². The fourth-order valence-corrected chi connectivity index (χ4v) is 2.57. The minimum absolute atomic E-state index is 0.101. The van der Waals surface area contributed by atoms with Gasteiger partial charge >= 0.3 is 0 Å². The lowest BCUT2D eigenvalue weighted by molar-refractivity contribution is -0.115. The van der Waals surface area contributed by atoms with Crippen molar-refractivity contribution in [3.8, 4) is 5.82 Å². The molecule has 2 aromatic heterocycles. The summed E-state index contributed by atoms with van der Waals surface area (Å²) in [6.45, 7) is 1.92. The van der Waals surface area contributed by atoms with Crippen molar-refractivity contribution in [2.45, 2.75) is 13.3 Å². The van der Waals surface area contributed by atoms with Gasteiger partial charge in [0.1, 0.15) is 5.82 Å². The first-order chi connectivity index (χ1) is 12.7. The van der Waals surface area contributed by atoms with Gasteiger partial charge < -0.3 is 15.2 Å². The van der Waals surface area contributed by atoms with Crippen molar-refractivity contribution in [1.29, 1.82) is 0 Å². The van der Waals surface area contributed by atoms with Gasteiger partial charge in [-0.3, -0.25) is 9.59 Å². The lowest BCUT2D eigenvalue weighted by Gasteiger charge is -2.10. The van der Waals surface area contributed by atoms with Crippen LogP contribution in [-0.4, -0.2) is 27.9 Å². The number of carbonyl (C=O) groups excluding carboxylic acids is 2. The van der Waals surface area contributed by atoms with Crippen molar-refractivity contribution in [3.05, 3.63) is 78.2 Å². The summed E-state index contributed by atoms with van der Waals surface area (Å²) in [4.78, 5) is 28.5. The van der Waals surface area contributed by atoms with Crippen molar-refractivity contribution in [2.75, 3.05) is 11.9 Å². The van der Waals surface area contributed by atoms with Gasteiger partial charge in [0, 0.05) is 24.3 Å². The second-order valence-corrected chi connectivity index (χ2v) is 5.74. The van der Waals surface area contributed by atoms with E-state index in [0.29, 0.717) is 5.56 Å². The molecule has 2 heterocycles. The highest BCUT2D eigenvalue weighted by atomic mass is 16.2. The smallest absolute Gasteiger partial charge is 0.253 e. The van der Waals surface area contributed by atoms with E-state index >= 15 is 0 Å². The molecular formula is C20H20N4O2. The van der Waals surface area contributed by atoms with Crippen molar-refractivity contribution in [3.63, 3.8) is 0 Å². The molecule has 0 unspecified atom stereocenters. The summed E-state index contributed by atoms with van der Waals surface area (Å²) in [6, 6.07) is 14.9. The molecule has 26 heavy (non-hydrogen) atoms. The molecule has 0 saturated heterocycles. The predicted molar refractivity (Wildman–Crippen MR) is 100 cm³/mol. The Morgan fingerprint density at radius 3 is 2.50 bits per heavy atom. The van der Waals surface area contributed by atoms with Crippen LogP contribution in [0.5, 0.6) is 0 Å². The van der Waals surface area contributed by atoms with Crippen LogP contribution in [0.15, 0.2) is 67.1 Å². The van der Waals surface area contributed by atoms with Crippen LogP contribution in [0.2, 0.25) is 0 Å². The van der Waals surface area contributed by atoms with E-state index in [4.69, 9.17) is 0 Å². The number of anilines is 1. The highest BCUT2D eigenvalue weighted by Crippen LogP contribution is 2.15. The molecule has 0 atom stereocenters. The maximum absolute atomic E-state index is 12.2. The van der Waals surface area contributed by atoms with Crippen LogP contribution < -0.4 is 10.6 Å². The quantitative estimate of drug-likeness (QED) is 0.719. The van der Waals surface area contributed by atoms with E-state index in [9.17, 15) is 9.59 Å². The van der Waals surface area contributed by atoms with Crippen LogP contribution in [0.25, 0.3) is 5.82 Å². The molecule has 0 aliphatic rings. The molecule has 2 amide bonds. The zero-order valence-electron chi connectivity index (χ0n) is 14.5. The maximum atomic E-state index is 12.2. The number of rotatable bonds is 6. The van der Waals surface area contributed by atoms with Crippen LogP contribution in [0.1, 0.15) is 22.8 Å². The number of carbonyl (C=O) groups is 2. The van der Waals surface area contributed by atoms with E-state index < -0.39 is 0 Å². The summed E-state index contributed by atoms with van der Waals surface area (Å²) in [5.74, 6) is 0.118. The lowest BCUT2D eigenvalue weighted by Crippen LogP contribution is -2.33. The topological polar surface area (TPSA) is 76.0 Å². The van der Waals surface area contributed by atoms with E-state index in [1.807, 2.05) is 60.3 Å². The van der Waals surface area contributed by atoms with Crippen LogP contribution in [0.4, 0.5) is 5.69 Å². The molecule has 0 saturated carbocycles. The summed E-state index contributed by atoms with van der Waals surface area (Å²) in [6.07, 6.45) is 6.07. The van der Waals surface area contributed by atoms with Gasteiger partial charge in [-0.2, -0.15) is 0 Å². The summed E-state index contributed by atoms with van der Waals surface area (Å²) >= 11 is 0. The van der Waals surface area contributed by atoms with Crippen LogP contribution >= 0.6 is 0 Å². The second kappa shape index (κ2) is 8.11. The average molecular weight is 348 g/mol. The van der Waals surface area contributed by atoms with Gasteiger partial charge in [-0.25, -0.2) is 4.98 Å². The van der Waals surface area contributed by atoms with Gasteiger partial charge in [0.2, 0.25) is 5.91 Å². The molecule has 0 spiro atoms. The van der Waals surface area contributed by atoms with Crippen molar-refractivity contribution >= 4 is 17.5 Å². The van der Waals surface area contributed by atoms with E-state index in [0.717, 1.165) is 23.5 Å². The number of nitrogens with zero attached hydrogens (tertiary/aromatic N) is 2. The van der Waals surface area contributed by atoms with E-state index in [1.165, 1.54) is 6.20 Å². The van der Waals surface area contributed by atoms with E-state index in [-0.39, 0.29) is 18.4 Å². The largest absolute Gasteiger partial charge is 0.343 e.